The molecule has 4 aliphatic rings. The lowest BCUT2D eigenvalue weighted by Gasteiger charge is -2.42. The van der Waals surface area contributed by atoms with E-state index in [-0.39, 0.29) is 98.9 Å². The molecule has 6 bridgehead atoms. The number of urea groups is 1. The number of likely N-dealkylation sites (N-methyl/N-ethyl adjacent to an activating group) is 1. The molecule has 4 aliphatic heterocycles. The number of carbonyl (C=O) groups is 3. The molecule has 4 aromatic rings. The molecule has 7 heterocycles. The minimum atomic E-state index is -1.15. The number of pyridine rings is 1. The molecule has 0 aliphatic carbocycles. The zero-order valence-corrected chi connectivity index (χ0v) is 47.0. The van der Waals surface area contributed by atoms with Crippen molar-refractivity contribution in [1.82, 2.24) is 40.1 Å². The van der Waals surface area contributed by atoms with E-state index in [1.807, 2.05) is 25.4 Å². The number of nitrogens with one attached hydrogen (secondary N) is 2. The smallest absolute Gasteiger partial charge is 0.324 e. The van der Waals surface area contributed by atoms with Gasteiger partial charge in [-0.2, -0.15) is 67.5 Å². The molecule has 16 nitrogen and oxygen atoms in total. The number of hydrogen-bond donors (Lipinski definition) is 2. The van der Waals surface area contributed by atoms with Crippen molar-refractivity contribution < 1.29 is 33.3 Å². The Hall–Kier alpha value is -2.90. The first-order chi connectivity index (χ1) is 30.8. The number of methoxy groups -OCH3 is 2. The minimum Gasteiger partial charge on any atom is -0.464 e. The summed E-state index contributed by atoms with van der Waals surface area (Å²) in [5.74, 6) is -0.848. The summed E-state index contributed by atoms with van der Waals surface area (Å²) < 4.78 is 26.3. The number of hydrazine groups is 1. The highest BCUT2D eigenvalue weighted by Gasteiger charge is 2.42. The molecule has 0 spiro atoms. The Morgan fingerprint density at radius 3 is 2.41 bits per heavy atom. The molecule has 0 radical (unpaired) electrons. The number of rotatable bonds is 10. The Kier molecular flexibility index (Phi) is 22.9. The number of likely N-dealkylation sites (tertiary alicyclic amines) is 1. The van der Waals surface area contributed by atoms with Crippen molar-refractivity contribution in [2.45, 2.75) is 97.2 Å². The van der Waals surface area contributed by atoms with Crippen LogP contribution in [0.3, 0.4) is 0 Å². The number of thiazole rings is 1. The Morgan fingerprint density at radius 1 is 1.01 bits per heavy atom. The van der Waals surface area contributed by atoms with E-state index in [4.69, 9.17) is 28.9 Å². The van der Waals surface area contributed by atoms with Gasteiger partial charge in [0.05, 0.1) is 54.3 Å². The second-order valence-electron chi connectivity index (χ2n) is 18.3. The predicted molar refractivity (Wildman–Crippen MR) is 299 cm³/mol. The van der Waals surface area contributed by atoms with E-state index in [2.05, 4.69) is 77.2 Å². The van der Waals surface area contributed by atoms with Crippen LogP contribution in [-0.4, -0.2) is 146 Å². The van der Waals surface area contributed by atoms with E-state index in [1.165, 1.54) is 16.3 Å². The quantitative estimate of drug-likeness (QED) is 0.170. The van der Waals surface area contributed by atoms with Crippen LogP contribution in [0.25, 0.3) is 33.4 Å². The first-order valence-corrected chi connectivity index (χ1v) is 23.7. The Balaban J connectivity index is 0.00000252. The normalized spacial score (nSPS) is 22.0. The van der Waals surface area contributed by atoms with E-state index in [0.717, 1.165) is 83.0 Å². The number of piperazine rings is 1. The van der Waals surface area contributed by atoms with E-state index < -0.39 is 35.5 Å². The molecular formula is C47H75N9O7S6. The van der Waals surface area contributed by atoms with Crippen molar-refractivity contribution in [3.05, 3.63) is 52.1 Å². The molecule has 22 heteroatoms. The first-order valence-electron chi connectivity index (χ1n) is 22.8. The van der Waals surface area contributed by atoms with Gasteiger partial charge < -0.3 is 43.5 Å². The summed E-state index contributed by atoms with van der Waals surface area (Å²) in [6.07, 6.45) is 3.25. The van der Waals surface area contributed by atoms with Crippen molar-refractivity contribution in [2.75, 3.05) is 85.3 Å². The monoisotopic (exact) mass is 1070 g/mol. The highest BCUT2D eigenvalue weighted by molar-refractivity contribution is 7.60. The largest absolute Gasteiger partial charge is 0.464 e. The lowest BCUT2D eigenvalue weighted by Crippen LogP contribution is -2.64. The second-order valence-corrected chi connectivity index (χ2v) is 19.2. The summed E-state index contributed by atoms with van der Waals surface area (Å²) in [5.41, 5.74) is 10.5. The molecule has 8 rings (SSSR count). The van der Waals surface area contributed by atoms with Crippen LogP contribution in [0, 0.1) is 5.41 Å². The SMILES string of the molecule is CCO[C@@H]1c2nc(cs2)-c2ccc3c(c2)c(c(-c2cc(N4CCN(C)CC4)cnc2[C@H](C)OC)n3CC)CC(C)(C)COC(=O)[C@@H]2CCCN(N2)C(=O)[C@H]1NC(=O)N1CC[C@H]1COC.S.S.S.S.S. The van der Waals surface area contributed by atoms with Gasteiger partial charge in [0.2, 0.25) is 0 Å². The molecule has 5 atom stereocenters. The maximum Gasteiger partial charge on any atom is 0.324 e. The van der Waals surface area contributed by atoms with Gasteiger partial charge >= 0.3 is 12.0 Å². The van der Waals surface area contributed by atoms with E-state index >= 15 is 0 Å². The molecule has 69 heavy (non-hydrogen) atoms. The lowest BCUT2D eigenvalue weighted by molar-refractivity contribution is -0.156. The zero-order valence-electron chi connectivity index (χ0n) is 41.1. The van der Waals surface area contributed by atoms with Gasteiger partial charge in [-0.05, 0) is 77.3 Å². The summed E-state index contributed by atoms with van der Waals surface area (Å²) in [6, 6.07) is 6.38. The topological polar surface area (TPSA) is 156 Å². The van der Waals surface area contributed by atoms with Crippen molar-refractivity contribution in [3.8, 4) is 22.5 Å². The number of carbonyl (C=O) groups excluding carboxylic acids is 3. The summed E-state index contributed by atoms with van der Waals surface area (Å²) in [7, 11) is 5.49. The van der Waals surface area contributed by atoms with Crippen molar-refractivity contribution in [1.29, 1.82) is 0 Å². The number of nitrogens with zero attached hydrogens (tertiary/aromatic N) is 7. The van der Waals surface area contributed by atoms with Crippen LogP contribution in [0.4, 0.5) is 10.5 Å². The Morgan fingerprint density at radius 2 is 1.75 bits per heavy atom. The molecular weight excluding hydrogens is 995 g/mol. The van der Waals surface area contributed by atoms with Crippen LogP contribution < -0.4 is 15.6 Å². The highest BCUT2D eigenvalue weighted by Crippen LogP contribution is 2.43. The van der Waals surface area contributed by atoms with Crippen LogP contribution in [0.5, 0.6) is 0 Å². The average molecular weight is 1070 g/mol. The first kappa shape index (κ1) is 60.4. The minimum absolute atomic E-state index is 0. The van der Waals surface area contributed by atoms with Gasteiger partial charge in [0.15, 0.2) is 0 Å². The van der Waals surface area contributed by atoms with Gasteiger partial charge in [0.25, 0.3) is 5.91 Å². The average Bonchev–Trinajstić information content (AvgIpc) is 3.90. The third-order valence-electron chi connectivity index (χ3n) is 13.3. The highest BCUT2D eigenvalue weighted by atomic mass is 32.1. The molecule has 3 saturated heterocycles. The fraction of sp³-hybridized carbons (Fsp3) is 0.596. The number of esters is 1. The van der Waals surface area contributed by atoms with Crippen molar-refractivity contribution in [3.63, 3.8) is 0 Å². The van der Waals surface area contributed by atoms with Gasteiger partial charge in [-0.1, -0.05) is 19.9 Å². The molecule has 2 N–H and O–H groups in total. The molecule has 0 unspecified atom stereocenters. The molecule has 3 aromatic heterocycles. The third kappa shape index (κ3) is 12.8. The number of cyclic esters (lactones) is 1. The van der Waals surface area contributed by atoms with Crippen LogP contribution in [0.2, 0.25) is 0 Å². The van der Waals surface area contributed by atoms with Gasteiger partial charge in [-0.15, -0.1) is 11.3 Å². The second kappa shape index (κ2) is 26.2. The number of ether oxygens (including phenoxy) is 4. The van der Waals surface area contributed by atoms with Crippen LogP contribution in [0.15, 0.2) is 35.8 Å². The number of benzene rings is 1. The van der Waals surface area contributed by atoms with E-state index in [1.54, 1.807) is 19.1 Å². The van der Waals surface area contributed by atoms with Crippen molar-refractivity contribution in [2.24, 2.45) is 5.41 Å². The number of fused-ring (bicyclic) bond motifs is 6. The number of aromatic nitrogens is 3. The fourth-order valence-electron chi connectivity index (χ4n) is 9.50. The van der Waals surface area contributed by atoms with Crippen LogP contribution in [-0.2, 0) is 41.5 Å². The van der Waals surface area contributed by atoms with Gasteiger partial charge in [-0.25, -0.2) is 15.2 Å². The molecule has 0 saturated carbocycles. The van der Waals surface area contributed by atoms with Gasteiger partial charge in [0.1, 0.15) is 23.2 Å². The third-order valence-corrected chi connectivity index (χ3v) is 14.2. The van der Waals surface area contributed by atoms with Crippen LogP contribution >= 0.6 is 78.8 Å². The fourth-order valence-corrected chi connectivity index (χ4v) is 10.4. The van der Waals surface area contributed by atoms with Crippen molar-refractivity contribution >= 4 is 113 Å². The Bertz CT molecular complexity index is 2350. The van der Waals surface area contributed by atoms with E-state index in [9.17, 15) is 14.4 Å². The summed E-state index contributed by atoms with van der Waals surface area (Å²) in [5, 5.41) is 8.10. The lowest BCUT2D eigenvalue weighted by atomic mass is 9.84. The summed E-state index contributed by atoms with van der Waals surface area (Å²) in [4.78, 5) is 59.4. The standard InChI is InChI=1S/C47H65N9O7S.5H2S/c1-9-54-38-14-13-30-22-33(38)35(41(54)34-23-32(25-48-39(34)29(3)61-8)53-20-18-52(6)19-21-53)24-47(4,5)28-63-45(58)36-12-11-16-56(51-36)44(57)40(42(62-10-2)43-49-37(30)27-64-43)50-46(59)55-17-15-31(55)26-60-7;;;;;/h13-14,22-23,25,27,29,31,36,40,42,51H,9-12,15-21,24,26,28H2,1-8H3,(H,50,59);5*1H2/t29-,31-,36-,40-,42-;;;;;/m0...../s1. The zero-order chi connectivity index (χ0) is 45.3. The molecule has 3 amide bonds. The predicted octanol–water partition coefficient (Wildman–Crippen LogP) is 6.37. The summed E-state index contributed by atoms with van der Waals surface area (Å²) >= 11 is 1.40. The number of amides is 3. The van der Waals surface area contributed by atoms with Gasteiger partial charge in [0, 0.05) is 99.5 Å². The van der Waals surface area contributed by atoms with Crippen LogP contribution in [0.1, 0.15) is 82.4 Å². The summed E-state index contributed by atoms with van der Waals surface area (Å²) in [6.45, 7) is 16.5. The number of anilines is 1. The molecule has 3 fully saturated rings. The Labute approximate surface area is 446 Å². The van der Waals surface area contributed by atoms with E-state index in [0.29, 0.717) is 50.5 Å². The molecule has 386 valence electrons. The number of aryl methyl sites for hydroxylation is 1. The maximum absolute atomic E-state index is 14.7. The number of hydrogen-bond acceptors (Lipinski definition) is 13. The van der Waals surface area contributed by atoms with Gasteiger partial charge in [-0.3, -0.25) is 19.6 Å². The molecule has 1 aromatic carbocycles. The maximum atomic E-state index is 14.7.